The monoisotopic (exact) mass is 261 g/mol. The first kappa shape index (κ1) is 13.0. The molecule has 2 aromatic rings. The van der Waals surface area contributed by atoms with E-state index in [0.717, 1.165) is 6.07 Å². The van der Waals surface area contributed by atoms with E-state index >= 15 is 0 Å². The summed E-state index contributed by atoms with van der Waals surface area (Å²) in [6.07, 6.45) is 1.60. The van der Waals surface area contributed by atoms with E-state index in [0.29, 0.717) is 5.56 Å². The Morgan fingerprint density at radius 1 is 1.32 bits per heavy atom. The van der Waals surface area contributed by atoms with Crippen LogP contribution in [0.5, 0.6) is 0 Å². The van der Waals surface area contributed by atoms with Crippen molar-refractivity contribution < 1.29 is 13.9 Å². The normalized spacial score (nSPS) is 10.2. The van der Waals surface area contributed by atoms with Gasteiger partial charge in [0.25, 0.3) is 5.56 Å². The Bertz CT molecular complexity index is 664. The van der Waals surface area contributed by atoms with Crippen LogP contribution in [0.25, 0.3) is 0 Å². The Balaban J connectivity index is 2.43. The quantitative estimate of drug-likeness (QED) is 0.792. The highest BCUT2D eigenvalue weighted by atomic mass is 19.1. The van der Waals surface area contributed by atoms with Gasteiger partial charge in [0.2, 0.25) is 0 Å². The van der Waals surface area contributed by atoms with Gasteiger partial charge in [-0.25, -0.2) is 9.18 Å². The zero-order valence-corrected chi connectivity index (χ0v) is 10.3. The SMILES string of the molecule is COC(=O)c1cc(F)ccc1Cn1ccccc1=O. The first-order chi connectivity index (χ1) is 9.11. The van der Waals surface area contributed by atoms with Crippen LogP contribution >= 0.6 is 0 Å². The van der Waals surface area contributed by atoms with Gasteiger partial charge in [0.1, 0.15) is 5.82 Å². The van der Waals surface area contributed by atoms with E-state index in [2.05, 4.69) is 4.74 Å². The molecule has 98 valence electrons. The lowest BCUT2D eigenvalue weighted by Gasteiger charge is -2.09. The molecule has 0 atom stereocenters. The van der Waals surface area contributed by atoms with E-state index < -0.39 is 11.8 Å². The summed E-state index contributed by atoms with van der Waals surface area (Å²) in [5, 5.41) is 0. The Hall–Kier alpha value is -2.43. The second-order valence-corrected chi connectivity index (χ2v) is 3.96. The molecule has 1 heterocycles. The predicted molar refractivity (Wildman–Crippen MR) is 67.5 cm³/mol. The number of esters is 1. The molecule has 4 nitrogen and oxygen atoms in total. The molecule has 0 fully saturated rings. The van der Waals surface area contributed by atoms with Crippen molar-refractivity contribution >= 4 is 5.97 Å². The Labute approximate surface area is 109 Å². The topological polar surface area (TPSA) is 48.3 Å². The van der Waals surface area contributed by atoms with Crippen LogP contribution in [0.1, 0.15) is 15.9 Å². The molecule has 1 aromatic carbocycles. The maximum atomic E-state index is 13.2. The minimum atomic E-state index is -0.626. The number of hydrogen-bond acceptors (Lipinski definition) is 3. The third kappa shape index (κ3) is 2.88. The number of methoxy groups -OCH3 is 1. The summed E-state index contributed by atoms with van der Waals surface area (Å²) in [6, 6.07) is 8.58. The van der Waals surface area contributed by atoms with E-state index in [4.69, 9.17) is 0 Å². The van der Waals surface area contributed by atoms with E-state index in [1.807, 2.05) is 0 Å². The highest BCUT2D eigenvalue weighted by Crippen LogP contribution is 2.13. The van der Waals surface area contributed by atoms with Crippen LogP contribution in [0.15, 0.2) is 47.4 Å². The Kier molecular flexibility index (Phi) is 3.75. The first-order valence-corrected chi connectivity index (χ1v) is 5.64. The molecule has 0 saturated heterocycles. The fourth-order valence-electron chi connectivity index (χ4n) is 1.76. The largest absolute Gasteiger partial charge is 0.465 e. The van der Waals surface area contributed by atoms with Crippen molar-refractivity contribution in [3.05, 3.63) is 69.9 Å². The lowest BCUT2D eigenvalue weighted by Crippen LogP contribution is -2.20. The number of carbonyl (C=O) groups is 1. The molecule has 0 spiro atoms. The maximum Gasteiger partial charge on any atom is 0.338 e. The molecule has 0 saturated carbocycles. The predicted octanol–water partition coefficient (Wildman–Crippen LogP) is 1.82. The maximum absolute atomic E-state index is 13.2. The summed E-state index contributed by atoms with van der Waals surface area (Å²) >= 11 is 0. The van der Waals surface area contributed by atoms with Gasteiger partial charge in [-0.15, -0.1) is 0 Å². The molecule has 0 unspecified atom stereocenters. The van der Waals surface area contributed by atoms with Crippen molar-refractivity contribution in [2.75, 3.05) is 7.11 Å². The molecule has 19 heavy (non-hydrogen) atoms. The van der Waals surface area contributed by atoms with Crippen molar-refractivity contribution in [3.8, 4) is 0 Å². The van der Waals surface area contributed by atoms with Crippen LogP contribution in [0.4, 0.5) is 4.39 Å². The van der Waals surface area contributed by atoms with Gasteiger partial charge in [0.15, 0.2) is 0 Å². The standard InChI is InChI=1S/C14H12FNO3/c1-19-14(18)12-8-11(15)6-5-10(12)9-16-7-3-2-4-13(16)17/h2-8H,9H2,1H3. The van der Waals surface area contributed by atoms with Crippen molar-refractivity contribution in [2.24, 2.45) is 0 Å². The molecule has 0 radical (unpaired) electrons. The molecule has 0 amide bonds. The molecule has 2 rings (SSSR count). The molecular weight excluding hydrogens is 249 g/mol. The van der Waals surface area contributed by atoms with Gasteiger partial charge < -0.3 is 9.30 Å². The molecule has 0 aliphatic carbocycles. The molecule has 0 aliphatic rings. The third-order valence-corrected chi connectivity index (χ3v) is 2.72. The molecule has 0 bridgehead atoms. The average Bonchev–Trinajstić information content (AvgIpc) is 2.42. The molecular formula is C14H12FNO3. The third-order valence-electron chi connectivity index (χ3n) is 2.72. The van der Waals surface area contributed by atoms with E-state index in [-0.39, 0.29) is 17.7 Å². The summed E-state index contributed by atoms with van der Waals surface area (Å²) in [4.78, 5) is 23.2. The zero-order chi connectivity index (χ0) is 13.8. The summed E-state index contributed by atoms with van der Waals surface area (Å²) in [7, 11) is 1.23. The van der Waals surface area contributed by atoms with Crippen LogP contribution in [0.3, 0.4) is 0 Å². The van der Waals surface area contributed by atoms with Crippen LogP contribution < -0.4 is 5.56 Å². The van der Waals surface area contributed by atoms with E-state index in [1.165, 1.54) is 29.9 Å². The fraction of sp³-hybridized carbons (Fsp3) is 0.143. The number of pyridine rings is 1. The lowest BCUT2D eigenvalue weighted by atomic mass is 10.1. The van der Waals surface area contributed by atoms with Crippen molar-refractivity contribution in [1.29, 1.82) is 0 Å². The van der Waals surface area contributed by atoms with Gasteiger partial charge in [0.05, 0.1) is 19.2 Å². The lowest BCUT2D eigenvalue weighted by molar-refractivity contribution is 0.0598. The minimum Gasteiger partial charge on any atom is -0.465 e. The Morgan fingerprint density at radius 2 is 2.11 bits per heavy atom. The van der Waals surface area contributed by atoms with Gasteiger partial charge in [-0.3, -0.25) is 4.79 Å². The van der Waals surface area contributed by atoms with Gasteiger partial charge in [-0.05, 0) is 23.8 Å². The summed E-state index contributed by atoms with van der Waals surface area (Å²) in [5.74, 6) is -1.15. The number of carbonyl (C=O) groups excluding carboxylic acids is 1. The highest BCUT2D eigenvalue weighted by Gasteiger charge is 2.13. The van der Waals surface area contributed by atoms with E-state index in [9.17, 15) is 14.0 Å². The van der Waals surface area contributed by atoms with E-state index in [1.54, 1.807) is 18.3 Å². The van der Waals surface area contributed by atoms with Crippen LogP contribution in [0.2, 0.25) is 0 Å². The summed E-state index contributed by atoms with van der Waals surface area (Å²) in [5.41, 5.74) is 0.461. The number of halogens is 1. The second-order valence-electron chi connectivity index (χ2n) is 3.96. The number of rotatable bonds is 3. The highest BCUT2D eigenvalue weighted by molar-refractivity contribution is 5.91. The van der Waals surface area contributed by atoms with Crippen LogP contribution in [-0.2, 0) is 11.3 Å². The molecule has 5 heteroatoms. The smallest absolute Gasteiger partial charge is 0.338 e. The summed E-state index contributed by atoms with van der Waals surface area (Å²) in [6.45, 7) is 0.185. The van der Waals surface area contributed by atoms with Gasteiger partial charge >= 0.3 is 5.97 Å². The first-order valence-electron chi connectivity index (χ1n) is 5.64. The van der Waals surface area contributed by atoms with Crippen LogP contribution in [-0.4, -0.2) is 17.6 Å². The van der Waals surface area contributed by atoms with Gasteiger partial charge in [-0.2, -0.15) is 0 Å². The minimum absolute atomic E-state index is 0.123. The van der Waals surface area contributed by atoms with Gasteiger partial charge in [0, 0.05) is 12.3 Å². The molecule has 0 aliphatic heterocycles. The number of nitrogens with zero attached hydrogens (tertiary/aromatic N) is 1. The molecule has 1 aromatic heterocycles. The second kappa shape index (κ2) is 5.48. The number of benzene rings is 1. The Morgan fingerprint density at radius 3 is 2.79 bits per heavy atom. The number of aromatic nitrogens is 1. The van der Waals surface area contributed by atoms with Crippen molar-refractivity contribution in [3.63, 3.8) is 0 Å². The van der Waals surface area contributed by atoms with Crippen LogP contribution in [0, 0.1) is 5.82 Å². The van der Waals surface area contributed by atoms with Crippen molar-refractivity contribution in [2.45, 2.75) is 6.54 Å². The number of ether oxygens (including phenoxy) is 1. The number of hydrogen-bond donors (Lipinski definition) is 0. The zero-order valence-electron chi connectivity index (χ0n) is 10.3. The van der Waals surface area contributed by atoms with Gasteiger partial charge in [-0.1, -0.05) is 12.1 Å². The summed E-state index contributed by atoms with van der Waals surface area (Å²) < 4.78 is 19.2. The average molecular weight is 261 g/mol. The van der Waals surface area contributed by atoms with Crippen molar-refractivity contribution in [1.82, 2.24) is 4.57 Å². The molecule has 0 N–H and O–H groups in total. The fourth-order valence-corrected chi connectivity index (χ4v) is 1.76.